The molecule has 260 valence electrons. The van der Waals surface area contributed by atoms with Gasteiger partial charge in [0, 0.05) is 16.6 Å². The lowest BCUT2D eigenvalue weighted by molar-refractivity contribution is -0.260. The number of carbonyl (C=O) groups excluding carboxylic acids is 2. The van der Waals surface area contributed by atoms with Gasteiger partial charge in [-0.2, -0.15) is 0 Å². The van der Waals surface area contributed by atoms with Crippen LogP contribution in [0.5, 0.6) is 11.5 Å². The van der Waals surface area contributed by atoms with Gasteiger partial charge in [0.1, 0.15) is 11.5 Å². The zero-order valence-electron chi connectivity index (χ0n) is 28.7. The summed E-state index contributed by atoms with van der Waals surface area (Å²) < 4.78 is 44.5. The van der Waals surface area contributed by atoms with E-state index in [2.05, 4.69) is 13.2 Å². The maximum atomic E-state index is 11.7. The number of carbonyl (C=O) groups is 2. The highest BCUT2D eigenvalue weighted by Gasteiger charge is 2.26. The Morgan fingerprint density at radius 3 is 1.21 bits per heavy atom. The fourth-order valence-corrected chi connectivity index (χ4v) is 4.70. The highest BCUT2D eigenvalue weighted by molar-refractivity contribution is 6.32. The second-order valence-corrected chi connectivity index (χ2v) is 12.3. The van der Waals surface area contributed by atoms with Gasteiger partial charge in [0.25, 0.3) is 0 Å². The Bertz CT molecular complexity index is 1310. The van der Waals surface area contributed by atoms with Crippen LogP contribution >= 0.6 is 23.2 Å². The van der Waals surface area contributed by atoms with E-state index in [9.17, 15) is 9.59 Å². The summed E-state index contributed by atoms with van der Waals surface area (Å²) in [5, 5.41) is 0.779. The molecule has 0 aliphatic heterocycles. The molecule has 6 unspecified atom stereocenters. The Kier molecular flexibility index (Phi) is 15.2. The van der Waals surface area contributed by atoms with Crippen LogP contribution in [0, 0.1) is 0 Å². The fourth-order valence-electron chi connectivity index (χ4n) is 4.25. The van der Waals surface area contributed by atoms with Gasteiger partial charge in [-0.3, -0.25) is 0 Å². The van der Waals surface area contributed by atoms with Gasteiger partial charge in [-0.15, -0.1) is 0 Å². The van der Waals surface area contributed by atoms with Crippen LogP contribution in [-0.4, -0.2) is 49.7 Å². The Labute approximate surface area is 287 Å². The highest BCUT2D eigenvalue weighted by atomic mass is 35.5. The molecule has 0 heterocycles. The molecule has 0 bridgehead atoms. The van der Waals surface area contributed by atoms with Crippen LogP contribution in [0.3, 0.4) is 0 Å². The Morgan fingerprint density at radius 2 is 0.915 bits per heavy atom. The predicted molar refractivity (Wildman–Crippen MR) is 179 cm³/mol. The molecule has 0 radical (unpaired) electrons. The molecular formula is C35H46Cl2O10. The number of hydrogen-bond acceptors (Lipinski definition) is 10. The minimum Gasteiger partial charge on any atom is -0.464 e. The van der Waals surface area contributed by atoms with Crippen LogP contribution in [0.4, 0.5) is 0 Å². The quantitative estimate of drug-likeness (QED) is 0.0855. The predicted octanol–water partition coefficient (Wildman–Crippen LogP) is 8.46. The van der Waals surface area contributed by atoms with Crippen LogP contribution < -0.4 is 9.47 Å². The molecule has 10 nitrogen and oxygen atoms in total. The molecule has 0 amide bonds. The average Bonchev–Trinajstić information content (AvgIpc) is 2.94. The molecule has 0 aromatic heterocycles. The van der Waals surface area contributed by atoms with Crippen molar-refractivity contribution in [1.29, 1.82) is 0 Å². The maximum Gasteiger partial charge on any atom is 0.335 e. The van der Waals surface area contributed by atoms with Crippen molar-refractivity contribution < 1.29 is 47.5 Å². The smallest absolute Gasteiger partial charge is 0.335 e. The third-order valence-corrected chi connectivity index (χ3v) is 7.26. The first-order valence-electron chi connectivity index (χ1n) is 15.1. The molecular weight excluding hydrogens is 651 g/mol. The summed E-state index contributed by atoms with van der Waals surface area (Å²) in [6.45, 7) is 24.2. The average molecular weight is 698 g/mol. The molecule has 0 aliphatic rings. The zero-order chi connectivity index (χ0) is 35.6. The lowest BCUT2D eigenvalue weighted by Crippen LogP contribution is -2.29. The van der Waals surface area contributed by atoms with E-state index in [1.165, 1.54) is 0 Å². The summed E-state index contributed by atoms with van der Waals surface area (Å²) in [4.78, 5) is 23.3. The Balaban J connectivity index is 2.00. The standard InChI is InChI=1S/C35H46Cl2O10/c1-19(2)33(38)46-25(9)42-21(5)40-23(7)44-31-15-13-27(17-29(31)36)35(11,12)28-14-16-32(30(37)18-28)45-24(8)41-22(6)43-26(10)47-34(39)20(3)4/h13-18,21-26H,1,3H2,2,4-12H3. The first-order chi connectivity index (χ1) is 21.8. The summed E-state index contributed by atoms with van der Waals surface area (Å²) in [6.07, 6.45) is -4.59. The first kappa shape index (κ1) is 40.1. The molecule has 0 fully saturated rings. The van der Waals surface area contributed by atoms with Crippen LogP contribution in [0.25, 0.3) is 0 Å². The first-order valence-corrected chi connectivity index (χ1v) is 15.8. The van der Waals surface area contributed by atoms with E-state index in [0.717, 1.165) is 11.1 Å². The number of ether oxygens (including phenoxy) is 8. The lowest BCUT2D eigenvalue weighted by Gasteiger charge is -2.28. The molecule has 12 heteroatoms. The SMILES string of the molecule is C=C(C)C(=O)OC(C)OC(C)OC(C)Oc1ccc(C(C)(C)c2ccc(OC(C)OC(C)OC(C)OC(=O)C(=C)C)c(Cl)c2)cc1Cl. The molecule has 2 aromatic carbocycles. The van der Waals surface area contributed by atoms with E-state index >= 15 is 0 Å². The monoisotopic (exact) mass is 696 g/mol. The molecule has 2 aromatic rings. The van der Waals surface area contributed by atoms with E-state index < -0.39 is 55.1 Å². The molecule has 0 aliphatic carbocycles. The third kappa shape index (κ3) is 12.8. The molecule has 2 rings (SSSR count). The number of benzene rings is 2. The van der Waals surface area contributed by atoms with Gasteiger partial charge < -0.3 is 37.9 Å². The van der Waals surface area contributed by atoms with E-state index in [4.69, 9.17) is 61.1 Å². The fraction of sp³-hybridized carbons (Fsp3) is 0.486. The summed E-state index contributed by atoms with van der Waals surface area (Å²) in [5.41, 5.74) is 1.89. The van der Waals surface area contributed by atoms with Gasteiger partial charge in [-0.1, -0.05) is 62.3 Å². The maximum absolute atomic E-state index is 11.7. The normalized spacial score (nSPS) is 15.4. The van der Waals surface area contributed by atoms with Crippen molar-refractivity contribution in [1.82, 2.24) is 0 Å². The van der Waals surface area contributed by atoms with E-state index in [1.807, 2.05) is 38.1 Å². The number of hydrogen-bond donors (Lipinski definition) is 0. The summed E-state index contributed by atoms with van der Waals surface area (Å²) in [6, 6.07) is 11.0. The summed E-state index contributed by atoms with van der Waals surface area (Å²) in [7, 11) is 0. The van der Waals surface area contributed by atoms with Gasteiger partial charge >= 0.3 is 11.9 Å². The minimum absolute atomic E-state index is 0.270. The van der Waals surface area contributed by atoms with Crippen molar-refractivity contribution in [2.24, 2.45) is 0 Å². The second-order valence-electron chi connectivity index (χ2n) is 11.5. The van der Waals surface area contributed by atoms with Gasteiger partial charge in [0.2, 0.25) is 12.6 Å². The molecule has 0 spiro atoms. The van der Waals surface area contributed by atoms with Crippen molar-refractivity contribution >= 4 is 35.1 Å². The largest absolute Gasteiger partial charge is 0.464 e. The molecule has 6 atom stereocenters. The second kappa shape index (κ2) is 17.9. The highest BCUT2D eigenvalue weighted by Crippen LogP contribution is 2.39. The van der Waals surface area contributed by atoms with Crippen molar-refractivity contribution in [2.45, 2.75) is 112 Å². The molecule has 0 saturated carbocycles. The van der Waals surface area contributed by atoms with Crippen molar-refractivity contribution in [3.8, 4) is 11.5 Å². The number of esters is 2. The van der Waals surface area contributed by atoms with Crippen LogP contribution in [0.1, 0.15) is 80.4 Å². The number of rotatable bonds is 18. The number of halogens is 2. The Morgan fingerprint density at radius 1 is 0.596 bits per heavy atom. The summed E-state index contributed by atoms with van der Waals surface area (Å²) >= 11 is 13.2. The van der Waals surface area contributed by atoms with Gasteiger partial charge in [0.05, 0.1) is 10.0 Å². The van der Waals surface area contributed by atoms with Crippen molar-refractivity contribution in [3.63, 3.8) is 0 Å². The van der Waals surface area contributed by atoms with E-state index in [1.54, 1.807) is 67.5 Å². The molecule has 47 heavy (non-hydrogen) atoms. The molecule has 0 saturated heterocycles. The Hall–Kier alpha value is -3.12. The van der Waals surface area contributed by atoms with E-state index in [0.29, 0.717) is 21.5 Å². The van der Waals surface area contributed by atoms with Gasteiger partial charge in [-0.05, 0) is 90.8 Å². The van der Waals surface area contributed by atoms with Crippen LogP contribution in [-0.2, 0) is 43.4 Å². The molecule has 0 N–H and O–H groups in total. The third-order valence-electron chi connectivity index (χ3n) is 6.67. The van der Waals surface area contributed by atoms with Gasteiger partial charge in [0.15, 0.2) is 25.2 Å². The van der Waals surface area contributed by atoms with E-state index in [-0.39, 0.29) is 11.1 Å². The van der Waals surface area contributed by atoms with Crippen molar-refractivity contribution in [2.75, 3.05) is 0 Å². The van der Waals surface area contributed by atoms with Crippen LogP contribution in [0.15, 0.2) is 60.7 Å². The zero-order valence-corrected chi connectivity index (χ0v) is 30.2. The van der Waals surface area contributed by atoms with Crippen molar-refractivity contribution in [3.05, 3.63) is 81.9 Å². The minimum atomic E-state index is -0.837. The van der Waals surface area contributed by atoms with Crippen LogP contribution in [0.2, 0.25) is 10.0 Å². The van der Waals surface area contributed by atoms with Gasteiger partial charge in [-0.25, -0.2) is 9.59 Å². The summed E-state index contributed by atoms with van der Waals surface area (Å²) in [5.74, 6) is -0.262. The lowest BCUT2D eigenvalue weighted by atomic mass is 9.78. The topological polar surface area (TPSA) is 108 Å².